The second kappa shape index (κ2) is 4.98. The highest BCUT2D eigenvalue weighted by Crippen LogP contribution is 2.30. The highest BCUT2D eigenvalue weighted by Gasteiger charge is 2.31. The van der Waals surface area contributed by atoms with Crippen molar-refractivity contribution in [1.29, 1.82) is 0 Å². The zero-order valence-corrected chi connectivity index (χ0v) is 10.00. The second-order valence-corrected chi connectivity index (χ2v) is 5.04. The van der Waals surface area contributed by atoms with Crippen molar-refractivity contribution in [3.8, 4) is 0 Å². The predicted molar refractivity (Wildman–Crippen MR) is 66.5 cm³/mol. The molecule has 1 fully saturated rings. The summed E-state index contributed by atoms with van der Waals surface area (Å²) in [4.78, 5) is 0. The molecule has 88 valence electrons. The maximum atomic E-state index is 9.65. The van der Waals surface area contributed by atoms with E-state index in [1.165, 1.54) is 17.5 Å². The van der Waals surface area contributed by atoms with Gasteiger partial charge in [0, 0.05) is 12.0 Å². The Balaban J connectivity index is 2.15. The molecule has 2 N–H and O–H groups in total. The van der Waals surface area contributed by atoms with Crippen LogP contribution in [0, 0.1) is 12.3 Å². The van der Waals surface area contributed by atoms with E-state index < -0.39 is 0 Å². The van der Waals surface area contributed by atoms with Crippen molar-refractivity contribution in [1.82, 2.24) is 5.32 Å². The molecule has 1 aromatic carbocycles. The molecule has 0 amide bonds. The van der Waals surface area contributed by atoms with Crippen LogP contribution in [0.2, 0.25) is 0 Å². The van der Waals surface area contributed by atoms with Gasteiger partial charge in [0.15, 0.2) is 0 Å². The van der Waals surface area contributed by atoms with Gasteiger partial charge < -0.3 is 10.4 Å². The minimum Gasteiger partial charge on any atom is -0.396 e. The maximum absolute atomic E-state index is 9.65. The smallest absolute Gasteiger partial charge is 0.0502 e. The van der Waals surface area contributed by atoms with Gasteiger partial charge in [0.05, 0.1) is 6.61 Å². The van der Waals surface area contributed by atoms with Gasteiger partial charge in [-0.25, -0.2) is 0 Å². The van der Waals surface area contributed by atoms with Gasteiger partial charge in [-0.1, -0.05) is 24.3 Å². The molecule has 0 radical (unpaired) electrons. The Bertz CT molecular complexity index is 342. The van der Waals surface area contributed by atoms with Crippen LogP contribution in [-0.2, 0) is 6.42 Å². The number of rotatable bonds is 3. The lowest BCUT2D eigenvalue weighted by Crippen LogP contribution is -2.44. The first-order valence-electron chi connectivity index (χ1n) is 6.12. The van der Waals surface area contributed by atoms with E-state index in [1.807, 2.05) is 0 Å². The summed E-state index contributed by atoms with van der Waals surface area (Å²) in [5.74, 6) is 0. The first-order valence-corrected chi connectivity index (χ1v) is 6.12. The van der Waals surface area contributed by atoms with E-state index in [0.717, 1.165) is 25.9 Å². The van der Waals surface area contributed by atoms with E-state index in [2.05, 4.69) is 36.5 Å². The molecule has 2 rings (SSSR count). The van der Waals surface area contributed by atoms with Crippen LogP contribution >= 0.6 is 0 Å². The fourth-order valence-electron chi connectivity index (χ4n) is 2.58. The third kappa shape index (κ3) is 2.45. The number of aryl methyl sites for hydroxylation is 1. The van der Waals surface area contributed by atoms with E-state index in [-0.39, 0.29) is 12.0 Å². The fraction of sp³-hybridized carbons (Fsp3) is 0.571. The number of hydrogen-bond donors (Lipinski definition) is 2. The molecule has 0 aliphatic carbocycles. The van der Waals surface area contributed by atoms with Crippen molar-refractivity contribution in [2.45, 2.75) is 26.2 Å². The van der Waals surface area contributed by atoms with Crippen LogP contribution in [0.1, 0.15) is 24.0 Å². The Morgan fingerprint density at radius 1 is 1.38 bits per heavy atom. The van der Waals surface area contributed by atoms with Crippen molar-refractivity contribution in [3.63, 3.8) is 0 Å². The number of hydrogen-bond acceptors (Lipinski definition) is 2. The lowest BCUT2D eigenvalue weighted by atomic mass is 9.76. The zero-order chi connectivity index (χ0) is 11.4. The molecule has 16 heavy (non-hydrogen) atoms. The Morgan fingerprint density at radius 2 is 2.19 bits per heavy atom. The summed E-state index contributed by atoms with van der Waals surface area (Å²) in [6.45, 7) is 4.47. The van der Waals surface area contributed by atoms with Crippen molar-refractivity contribution < 1.29 is 5.11 Å². The van der Waals surface area contributed by atoms with Crippen LogP contribution in [-0.4, -0.2) is 24.8 Å². The van der Waals surface area contributed by atoms with Crippen molar-refractivity contribution in [3.05, 3.63) is 35.4 Å². The van der Waals surface area contributed by atoms with Crippen molar-refractivity contribution in [2.75, 3.05) is 19.7 Å². The number of aliphatic hydroxyl groups excluding tert-OH is 1. The van der Waals surface area contributed by atoms with Gasteiger partial charge in [0.2, 0.25) is 0 Å². The van der Waals surface area contributed by atoms with Gasteiger partial charge in [-0.05, 0) is 43.9 Å². The quantitative estimate of drug-likeness (QED) is 0.814. The standard InChI is InChI=1S/C14H21NO/c1-12-5-2-3-6-13(12)9-14(11-16)7-4-8-15-10-14/h2-3,5-6,15-16H,4,7-11H2,1H3. The fourth-order valence-corrected chi connectivity index (χ4v) is 2.58. The summed E-state index contributed by atoms with van der Waals surface area (Å²) in [6, 6.07) is 8.49. The lowest BCUT2D eigenvalue weighted by molar-refractivity contribution is 0.0946. The molecule has 1 aliphatic rings. The van der Waals surface area contributed by atoms with E-state index in [1.54, 1.807) is 0 Å². The first-order chi connectivity index (χ1) is 7.76. The molecule has 1 heterocycles. The summed E-state index contributed by atoms with van der Waals surface area (Å²) in [5.41, 5.74) is 2.77. The Morgan fingerprint density at radius 3 is 2.81 bits per heavy atom. The second-order valence-electron chi connectivity index (χ2n) is 5.04. The van der Waals surface area contributed by atoms with Crippen molar-refractivity contribution >= 4 is 0 Å². The Labute approximate surface area is 97.7 Å². The summed E-state index contributed by atoms with van der Waals surface area (Å²) in [5, 5.41) is 13.1. The van der Waals surface area contributed by atoms with Crippen molar-refractivity contribution in [2.24, 2.45) is 5.41 Å². The third-order valence-electron chi connectivity index (χ3n) is 3.72. The predicted octanol–water partition coefficient (Wildman–Crippen LogP) is 1.90. The van der Waals surface area contributed by atoms with Gasteiger partial charge in [0.25, 0.3) is 0 Å². The summed E-state index contributed by atoms with van der Waals surface area (Å²) in [7, 11) is 0. The topological polar surface area (TPSA) is 32.3 Å². The lowest BCUT2D eigenvalue weighted by Gasteiger charge is -2.36. The van der Waals surface area contributed by atoms with Crippen LogP contribution in [0.3, 0.4) is 0 Å². The summed E-state index contributed by atoms with van der Waals surface area (Å²) < 4.78 is 0. The van der Waals surface area contributed by atoms with E-state index in [0.29, 0.717) is 0 Å². The minimum atomic E-state index is 0.0599. The van der Waals surface area contributed by atoms with E-state index in [4.69, 9.17) is 0 Å². The number of benzene rings is 1. The summed E-state index contributed by atoms with van der Waals surface area (Å²) >= 11 is 0. The van der Waals surface area contributed by atoms with Crippen LogP contribution in [0.15, 0.2) is 24.3 Å². The van der Waals surface area contributed by atoms with E-state index >= 15 is 0 Å². The summed E-state index contributed by atoms with van der Waals surface area (Å²) in [6.07, 6.45) is 3.29. The van der Waals surface area contributed by atoms with Crippen LogP contribution < -0.4 is 5.32 Å². The molecule has 0 saturated carbocycles. The molecule has 1 atom stereocenters. The minimum absolute atomic E-state index is 0.0599. The number of aliphatic hydroxyl groups is 1. The molecule has 0 aromatic heterocycles. The van der Waals surface area contributed by atoms with Gasteiger partial charge in [-0.15, -0.1) is 0 Å². The van der Waals surface area contributed by atoms with Crippen LogP contribution in [0.5, 0.6) is 0 Å². The molecule has 2 heteroatoms. The van der Waals surface area contributed by atoms with Gasteiger partial charge in [-0.3, -0.25) is 0 Å². The largest absolute Gasteiger partial charge is 0.396 e. The molecule has 0 spiro atoms. The average molecular weight is 219 g/mol. The SMILES string of the molecule is Cc1ccccc1CC1(CO)CCCNC1. The van der Waals surface area contributed by atoms with Gasteiger partial charge >= 0.3 is 0 Å². The molecule has 2 nitrogen and oxygen atoms in total. The normalized spacial score (nSPS) is 25.6. The molecular weight excluding hydrogens is 198 g/mol. The monoisotopic (exact) mass is 219 g/mol. The van der Waals surface area contributed by atoms with Crippen LogP contribution in [0.4, 0.5) is 0 Å². The molecule has 0 bridgehead atoms. The maximum Gasteiger partial charge on any atom is 0.0502 e. The Hall–Kier alpha value is -0.860. The molecule has 1 aromatic rings. The van der Waals surface area contributed by atoms with Gasteiger partial charge in [0.1, 0.15) is 0 Å². The van der Waals surface area contributed by atoms with Gasteiger partial charge in [-0.2, -0.15) is 0 Å². The molecule has 1 unspecified atom stereocenters. The van der Waals surface area contributed by atoms with E-state index in [9.17, 15) is 5.11 Å². The molecule has 1 saturated heterocycles. The average Bonchev–Trinajstić information content (AvgIpc) is 2.33. The third-order valence-corrected chi connectivity index (χ3v) is 3.72. The number of piperidine rings is 1. The first kappa shape index (κ1) is 11.6. The van der Waals surface area contributed by atoms with Crippen LogP contribution in [0.25, 0.3) is 0 Å². The zero-order valence-electron chi connectivity index (χ0n) is 10.00. The molecular formula is C14H21NO. The highest BCUT2D eigenvalue weighted by atomic mass is 16.3. The molecule has 1 aliphatic heterocycles. The number of nitrogens with one attached hydrogen (secondary N) is 1. The Kier molecular flexibility index (Phi) is 3.62. The highest BCUT2D eigenvalue weighted by molar-refractivity contribution is 5.27.